The second-order valence-electron chi connectivity index (χ2n) is 3.73. The molecule has 1 rings (SSSR count). The molecule has 0 fully saturated rings. The van der Waals surface area contributed by atoms with Crippen molar-refractivity contribution in [2.24, 2.45) is 0 Å². The van der Waals surface area contributed by atoms with E-state index in [9.17, 15) is 13.2 Å². The number of pyridine rings is 1. The van der Waals surface area contributed by atoms with Crippen molar-refractivity contribution in [1.29, 1.82) is 0 Å². The molecule has 0 saturated heterocycles. The molecule has 1 heterocycles. The van der Waals surface area contributed by atoms with Gasteiger partial charge >= 0.3 is 0 Å². The number of nitrogens with one attached hydrogen (secondary N) is 3. The van der Waals surface area contributed by atoms with E-state index in [4.69, 9.17) is 11.6 Å². The largest absolute Gasteiger partial charge is 0.372 e. The molecule has 1 aromatic heterocycles. The van der Waals surface area contributed by atoms with Gasteiger partial charge in [-0.15, -0.1) is 0 Å². The Hall–Kier alpha value is -1.38. The van der Waals surface area contributed by atoms with Crippen molar-refractivity contribution in [1.82, 2.24) is 15.0 Å². The molecule has 0 aliphatic rings. The Balaban J connectivity index is 2.52. The molecule has 1 aromatic rings. The number of hydrogen-bond acceptors (Lipinski definition) is 5. The average molecular weight is 307 g/mol. The smallest absolute Gasteiger partial charge is 0.252 e. The molecular formula is C10H15ClN4O3S. The fourth-order valence-electron chi connectivity index (χ4n) is 1.26. The summed E-state index contributed by atoms with van der Waals surface area (Å²) in [6.07, 6.45) is 2.44. The Kier molecular flexibility index (Phi) is 5.52. The molecule has 0 bridgehead atoms. The highest BCUT2D eigenvalue weighted by atomic mass is 35.5. The molecule has 3 N–H and O–H groups in total. The first kappa shape index (κ1) is 15.7. The highest BCUT2D eigenvalue weighted by molar-refractivity contribution is 7.88. The Morgan fingerprint density at radius 2 is 2.11 bits per heavy atom. The Morgan fingerprint density at radius 3 is 2.63 bits per heavy atom. The minimum Gasteiger partial charge on any atom is -0.372 e. The van der Waals surface area contributed by atoms with Crippen LogP contribution in [0.4, 0.5) is 5.82 Å². The first-order valence-electron chi connectivity index (χ1n) is 5.39. The standard InChI is InChI=1S/C10H15ClN4O3S/c1-12-9-8(11)5-7(6-14-9)10(16)13-3-4-15-19(2,17)18/h5-6,15H,3-4H2,1-2H3,(H,12,14)(H,13,16). The van der Waals surface area contributed by atoms with Gasteiger partial charge in [0.1, 0.15) is 5.82 Å². The van der Waals surface area contributed by atoms with Crippen molar-refractivity contribution < 1.29 is 13.2 Å². The number of nitrogens with zero attached hydrogens (tertiary/aromatic N) is 1. The fraction of sp³-hybridized carbons (Fsp3) is 0.400. The normalized spacial score (nSPS) is 11.1. The van der Waals surface area contributed by atoms with Gasteiger partial charge in [-0.05, 0) is 6.07 Å². The van der Waals surface area contributed by atoms with Gasteiger partial charge in [-0.25, -0.2) is 18.1 Å². The number of rotatable bonds is 6. The highest BCUT2D eigenvalue weighted by Gasteiger charge is 2.09. The summed E-state index contributed by atoms with van der Waals surface area (Å²) in [5.74, 6) is 0.115. The van der Waals surface area contributed by atoms with Crippen LogP contribution in [0.3, 0.4) is 0 Å². The third-order valence-corrected chi connectivity index (χ3v) is 3.13. The average Bonchev–Trinajstić information content (AvgIpc) is 2.33. The van der Waals surface area contributed by atoms with E-state index in [1.807, 2.05) is 0 Å². The van der Waals surface area contributed by atoms with Gasteiger partial charge in [0, 0.05) is 26.3 Å². The molecule has 7 nitrogen and oxygen atoms in total. The SMILES string of the molecule is CNc1ncc(C(=O)NCCNS(C)(=O)=O)cc1Cl. The van der Waals surface area contributed by atoms with Crippen LogP contribution in [0, 0.1) is 0 Å². The minimum atomic E-state index is -3.25. The second kappa shape index (κ2) is 6.69. The van der Waals surface area contributed by atoms with E-state index in [1.165, 1.54) is 12.3 Å². The molecule has 19 heavy (non-hydrogen) atoms. The van der Waals surface area contributed by atoms with Crippen LogP contribution in [0.15, 0.2) is 12.3 Å². The summed E-state index contributed by atoms with van der Waals surface area (Å²) in [6.45, 7) is 0.303. The molecule has 0 spiro atoms. The van der Waals surface area contributed by atoms with Gasteiger partial charge in [0.15, 0.2) is 0 Å². The third kappa shape index (κ3) is 5.41. The molecular weight excluding hydrogens is 292 g/mol. The minimum absolute atomic E-state index is 0.125. The zero-order chi connectivity index (χ0) is 14.5. The number of carbonyl (C=O) groups is 1. The molecule has 0 aromatic carbocycles. The van der Waals surface area contributed by atoms with Gasteiger partial charge in [0.25, 0.3) is 5.91 Å². The van der Waals surface area contributed by atoms with Crippen molar-refractivity contribution in [3.63, 3.8) is 0 Å². The summed E-state index contributed by atoms with van der Waals surface area (Å²) >= 11 is 5.90. The Labute approximate surface area is 116 Å². The van der Waals surface area contributed by atoms with Crippen LogP contribution < -0.4 is 15.4 Å². The maximum atomic E-state index is 11.7. The van der Waals surface area contributed by atoms with Crippen LogP contribution >= 0.6 is 11.6 Å². The molecule has 0 aliphatic heterocycles. The summed E-state index contributed by atoms with van der Waals surface area (Å²) in [6, 6.07) is 1.49. The predicted molar refractivity (Wildman–Crippen MR) is 74.0 cm³/mol. The number of halogens is 1. The number of hydrogen-bond donors (Lipinski definition) is 3. The quantitative estimate of drug-likeness (QED) is 0.645. The van der Waals surface area contributed by atoms with Gasteiger partial charge in [-0.2, -0.15) is 0 Å². The van der Waals surface area contributed by atoms with Crippen LogP contribution in [-0.4, -0.2) is 45.7 Å². The number of amides is 1. The molecule has 0 atom stereocenters. The van der Waals surface area contributed by atoms with Crippen molar-refractivity contribution in [3.05, 3.63) is 22.8 Å². The lowest BCUT2D eigenvalue weighted by molar-refractivity contribution is 0.0954. The lowest BCUT2D eigenvalue weighted by Gasteiger charge is -2.07. The van der Waals surface area contributed by atoms with Gasteiger partial charge in [0.05, 0.1) is 16.8 Å². The van der Waals surface area contributed by atoms with E-state index >= 15 is 0 Å². The predicted octanol–water partition coefficient (Wildman–Crippen LogP) is 0.0557. The number of carbonyl (C=O) groups excluding carboxylic acids is 1. The topological polar surface area (TPSA) is 100 Å². The lowest BCUT2D eigenvalue weighted by Crippen LogP contribution is -2.34. The first-order chi connectivity index (χ1) is 8.83. The summed E-state index contributed by atoms with van der Waals surface area (Å²) in [5.41, 5.74) is 0.309. The van der Waals surface area contributed by atoms with Crippen molar-refractivity contribution in [3.8, 4) is 0 Å². The summed E-state index contributed by atoms with van der Waals surface area (Å²) in [7, 11) is -1.57. The van der Waals surface area contributed by atoms with E-state index in [1.54, 1.807) is 7.05 Å². The van der Waals surface area contributed by atoms with Gasteiger partial charge in [-0.3, -0.25) is 4.79 Å². The van der Waals surface area contributed by atoms with E-state index in [2.05, 4.69) is 20.3 Å². The maximum Gasteiger partial charge on any atom is 0.252 e. The molecule has 0 saturated carbocycles. The Bertz CT molecular complexity index is 562. The lowest BCUT2D eigenvalue weighted by atomic mass is 10.2. The maximum absolute atomic E-state index is 11.7. The zero-order valence-electron chi connectivity index (χ0n) is 10.5. The van der Waals surface area contributed by atoms with Crippen LogP contribution in [0.5, 0.6) is 0 Å². The number of anilines is 1. The molecule has 1 amide bonds. The molecule has 9 heteroatoms. The highest BCUT2D eigenvalue weighted by Crippen LogP contribution is 2.19. The van der Waals surface area contributed by atoms with Gasteiger partial charge in [-0.1, -0.05) is 11.6 Å². The van der Waals surface area contributed by atoms with E-state index < -0.39 is 10.0 Å². The Morgan fingerprint density at radius 1 is 1.42 bits per heavy atom. The molecule has 0 unspecified atom stereocenters. The van der Waals surface area contributed by atoms with Crippen LogP contribution in [0.25, 0.3) is 0 Å². The molecule has 0 aliphatic carbocycles. The van der Waals surface area contributed by atoms with Crippen LogP contribution in [0.2, 0.25) is 5.02 Å². The van der Waals surface area contributed by atoms with Crippen molar-refractivity contribution >= 4 is 33.3 Å². The molecule has 0 radical (unpaired) electrons. The first-order valence-corrected chi connectivity index (χ1v) is 7.66. The van der Waals surface area contributed by atoms with Crippen LogP contribution in [-0.2, 0) is 10.0 Å². The van der Waals surface area contributed by atoms with Gasteiger partial charge in [0.2, 0.25) is 10.0 Å². The second-order valence-corrected chi connectivity index (χ2v) is 5.97. The molecule has 106 valence electrons. The zero-order valence-corrected chi connectivity index (χ0v) is 12.1. The van der Waals surface area contributed by atoms with E-state index in [0.29, 0.717) is 16.4 Å². The number of sulfonamides is 1. The van der Waals surface area contributed by atoms with E-state index in [0.717, 1.165) is 6.26 Å². The van der Waals surface area contributed by atoms with Crippen molar-refractivity contribution in [2.45, 2.75) is 0 Å². The van der Waals surface area contributed by atoms with Gasteiger partial charge < -0.3 is 10.6 Å². The monoisotopic (exact) mass is 306 g/mol. The van der Waals surface area contributed by atoms with Crippen LogP contribution in [0.1, 0.15) is 10.4 Å². The summed E-state index contributed by atoms with van der Waals surface area (Å²) in [5, 5.41) is 5.67. The van der Waals surface area contributed by atoms with Crippen molar-refractivity contribution in [2.75, 3.05) is 31.7 Å². The third-order valence-electron chi connectivity index (χ3n) is 2.11. The fourth-order valence-corrected chi connectivity index (χ4v) is 1.99. The number of aromatic nitrogens is 1. The summed E-state index contributed by atoms with van der Waals surface area (Å²) < 4.78 is 23.9. The van der Waals surface area contributed by atoms with E-state index in [-0.39, 0.29) is 19.0 Å². The summed E-state index contributed by atoms with van der Waals surface area (Å²) in [4.78, 5) is 15.7.